The van der Waals surface area contributed by atoms with Gasteiger partial charge in [0.15, 0.2) is 23.3 Å². The van der Waals surface area contributed by atoms with E-state index in [9.17, 15) is 0 Å². The van der Waals surface area contributed by atoms with Crippen LogP contribution < -0.4 is 18.9 Å². The van der Waals surface area contributed by atoms with E-state index in [0.29, 0.717) is 104 Å². The zero-order valence-electron chi connectivity index (χ0n) is 51.7. The van der Waals surface area contributed by atoms with Crippen LogP contribution in [-0.4, -0.2) is 93.2 Å². The summed E-state index contributed by atoms with van der Waals surface area (Å²) < 4.78 is 48.8. The Kier molecular flexibility index (Phi) is 17.1. The Morgan fingerprint density at radius 1 is 0.466 bits per heavy atom. The van der Waals surface area contributed by atoms with E-state index in [1.165, 1.54) is 0 Å². The van der Waals surface area contributed by atoms with E-state index < -0.39 is 8.88 Å². The number of benzene rings is 8. The fourth-order valence-corrected chi connectivity index (χ4v) is 15.9. The van der Waals surface area contributed by atoms with Gasteiger partial charge in [-0.05, 0) is 96.6 Å². The van der Waals surface area contributed by atoms with Crippen LogP contribution in [0.2, 0.25) is 0 Å². The number of fused-ring (bicyclic) bond motifs is 15. The predicted octanol–water partition coefficient (Wildman–Crippen LogP) is 17.5. The molecule has 0 unspecified atom stereocenters. The fraction of sp³-hybridized carbons (Fsp3) is 0.342. The van der Waals surface area contributed by atoms with Crippen LogP contribution in [-0.2, 0) is 15.4 Å². The lowest BCUT2D eigenvalue weighted by Gasteiger charge is -2.40. The van der Waals surface area contributed by atoms with E-state index in [4.69, 9.17) is 52.8 Å². The predicted molar refractivity (Wildman–Crippen MR) is 363 cm³/mol. The topological polar surface area (TPSA) is 138 Å². The minimum Gasteiger partial charge on any atom is -0.492 e. The zero-order chi connectivity index (χ0) is 60.3. The second-order valence-electron chi connectivity index (χ2n) is 23.2. The Bertz CT molecular complexity index is 4340. The van der Waals surface area contributed by atoms with Gasteiger partial charge in [-0.2, -0.15) is 0 Å². The summed E-state index contributed by atoms with van der Waals surface area (Å²) in [6.45, 7) is 20.3. The van der Waals surface area contributed by atoms with Crippen LogP contribution in [0.4, 0.5) is 11.6 Å². The Hall–Kier alpha value is -8.50. The summed E-state index contributed by atoms with van der Waals surface area (Å²) in [6, 6.07) is 42.5. The number of rotatable bonds is 25. The first-order chi connectivity index (χ1) is 43.4. The quantitative estimate of drug-likeness (QED) is 0.0315. The highest BCUT2D eigenvalue weighted by Crippen LogP contribution is 2.53. The van der Waals surface area contributed by atoms with Crippen molar-refractivity contribution in [1.29, 1.82) is 0 Å². The van der Waals surface area contributed by atoms with E-state index >= 15 is 0 Å². The third-order valence-corrected chi connectivity index (χ3v) is 20.3. The summed E-state index contributed by atoms with van der Waals surface area (Å²) in [5.74, 6) is 6.35. The first-order valence-corrected chi connectivity index (χ1v) is 33.8. The molecule has 4 aliphatic heterocycles. The van der Waals surface area contributed by atoms with Crippen LogP contribution in [0.3, 0.4) is 0 Å². The number of aromatic nitrogens is 1. The molecular weight excluding hydrogens is 1110 g/mol. The zero-order valence-corrected chi connectivity index (χ0v) is 52.7. The van der Waals surface area contributed by atoms with Crippen molar-refractivity contribution in [2.24, 2.45) is 30.0 Å². The molecule has 5 heterocycles. The molecule has 4 aliphatic rings. The lowest BCUT2D eigenvalue weighted by Crippen LogP contribution is -2.64. The lowest BCUT2D eigenvalue weighted by atomic mass is 9.99. The smallest absolute Gasteiger partial charge is 0.492 e. The molecule has 8 aromatic carbocycles. The number of hydrogen-bond donors (Lipinski definition) is 0. The first-order valence-electron chi connectivity index (χ1n) is 32.1. The highest BCUT2D eigenvalue weighted by Gasteiger charge is 2.58. The third kappa shape index (κ3) is 10.3. The van der Waals surface area contributed by atoms with Crippen LogP contribution in [0, 0.1) is 0 Å². The SMILES string of the molecule is C=NC1=NC(=Nc2c3c(OCCCC)c4ccccc4cc3c3n2[Si](OCCCC)(OCCCC)N2Cc4cc5ccccc5c(OCCCC)c4C2=NC2=NC(=N3)c3c2cc2ccccc2c3OCCCC)c2cc3ccccc3c(OCCCC)c21. The standard InChI is InChI=1S/C73H78N8O6Si/c1-8-14-36-82-63-52-32-24-20-28-47(52)42-51-46-80-72(59(51)63)77-68-57-44-49-30-22-26-34-54(49)65(84-38-16-10-3)61(57)70(76-68)79-71-58-45-50-31-23-27-35-55(50)66(85-39-17-11-4)62(58)73(81(71)88(80,86-40-18-12-5)87-41-19-13-6)78-67-56-43-48-29-21-25-33-53(48)64(83-37-15-9-2)60(56)69(74-7)75-67/h20-35,42-45H,7-19,36-41,46H2,1-6H3. The number of amidine groups is 5. The third-order valence-electron chi connectivity index (χ3n) is 17.1. The molecule has 0 N–H and O–H groups in total. The molecule has 1 aromatic heterocycles. The number of ether oxygens (including phenoxy) is 4. The molecule has 13 rings (SSSR count). The summed E-state index contributed by atoms with van der Waals surface area (Å²) >= 11 is 0. The van der Waals surface area contributed by atoms with E-state index in [2.05, 4.69) is 177 Å². The highest BCUT2D eigenvalue weighted by atomic mass is 28.4. The van der Waals surface area contributed by atoms with Crippen molar-refractivity contribution in [2.45, 2.75) is 125 Å². The summed E-state index contributed by atoms with van der Waals surface area (Å²) in [5, 5.41) is 9.40. The maximum Gasteiger partial charge on any atom is 0.597 e. The van der Waals surface area contributed by atoms with Gasteiger partial charge in [-0.1, -0.05) is 177 Å². The molecule has 9 aromatic rings. The molecule has 14 nitrogen and oxygen atoms in total. The van der Waals surface area contributed by atoms with Gasteiger partial charge in [0.1, 0.15) is 40.5 Å². The molecule has 0 amide bonds. The van der Waals surface area contributed by atoms with Gasteiger partial charge in [0.25, 0.3) is 0 Å². The van der Waals surface area contributed by atoms with E-state index in [1.807, 2.05) is 6.07 Å². The molecule has 15 heteroatoms. The normalized spacial score (nSPS) is 15.1. The van der Waals surface area contributed by atoms with Crippen molar-refractivity contribution < 1.29 is 27.8 Å². The lowest BCUT2D eigenvalue weighted by molar-refractivity contribution is 0.118. The van der Waals surface area contributed by atoms with Crippen LogP contribution in [0.15, 0.2) is 151 Å². The molecular formula is C73H78N8O6Si. The Morgan fingerprint density at radius 3 is 1.48 bits per heavy atom. The molecule has 0 saturated carbocycles. The van der Waals surface area contributed by atoms with Gasteiger partial charge in [0.05, 0.1) is 48.5 Å². The summed E-state index contributed by atoms with van der Waals surface area (Å²) in [6.07, 6.45) is 10.5. The van der Waals surface area contributed by atoms with Crippen LogP contribution in [0.25, 0.3) is 53.9 Å². The average molecular weight is 1190 g/mol. The van der Waals surface area contributed by atoms with Gasteiger partial charge in [-0.25, -0.2) is 30.0 Å². The van der Waals surface area contributed by atoms with Crippen molar-refractivity contribution >= 4 is 110 Å². The summed E-state index contributed by atoms with van der Waals surface area (Å²) in [4.78, 5) is 33.7. The van der Waals surface area contributed by atoms with Gasteiger partial charge < -0.3 is 32.4 Å². The molecule has 2 bridgehead atoms. The second-order valence-corrected chi connectivity index (χ2v) is 25.8. The fourth-order valence-electron chi connectivity index (χ4n) is 12.5. The maximum atomic E-state index is 7.99. The van der Waals surface area contributed by atoms with Gasteiger partial charge in [0.2, 0.25) is 0 Å². The van der Waals surface area contributed by atoms with Crippen molar-refractivity contribution in [1.82, 2.24) is 8.80 Å². The average Bonchev–Trinajstić information content (AvgIpc) is 1.58. The van der Waals surface area contributed by atoms with Crippen molar-refractivity contribution in [3.8, 4) is 23.0 Å². The number of aliphatic imine (C=N–C) groups is 6. The number of unbranched alkanes of at least 4 members (excludes halogenated alkanes) is 6. The van der Waals surface area contributed by atoms with Crippen LogP contribution in [0.5, 0.6) is 23.0 Å². The van der Waals surface area contributed by atoms with E-state index in [-0.39, 0.29) is 0 Å². The van der Waals surface area contributed by atoms with Gasteiger partial charge in [-0.3, -0.25) is 4.23 Å². The summed E-state index contributed by atoms with van der Waals surface area (Å²) in [5.41, 5.74) is 4.98. The highest BCUT2D eigenvalue weighted by molar-refractivity contribution is 6.68. The van der Waals surface area contributed by atoms with Gasteiger partial charge in [-0.15, -0.1) is 0 Å². The number of hydrogen-bond acceptors (Lipinski definition) is 12. The first kappa shape index (κ1) is 58.5. The van der Waals surface area contributed by atoms with E-state index in [0.717, 1.165) is 170 Å². The second kappa shape index (κ2) is 25.7. The molecule has 0 fully saturated rings. The molecule has 0 aliphatic carbocycles. The van der Waals surface area contributed by atoms with Crippen molar-refractivity contribution in [2.75, 3.05) is 39.6 Å². The molecule has 0 radical (unpaired) electrons. The molecule has 450 valence electrons. The molecule has 0 atom stereocenters. The van der Waals surface area contributed by atoms with Crippen LogP contribution >= 0.6 is 0 Å². The Labute approximate surface area is 516 Å². The van der Waals surface area contributed by atoms with Crippen LogP contribution in [0.1, 0.15) is 152 Å². The molecule has 88 heavy (non-hydrogen) atoms. The Balaban J connectivity index is 1.23. The molecule has 0 spiro atoms. The summed E-state index contributed by atoms with van der Waals surface area (Å²) in [7, 11) is -4.43. The molecule has 0 saturated heterocycles. The minimum atomic E-state index is -4.43. The van der Waals surface area contributed by atoms with Crippen molar-refractivity contribution in [3.63, 3.8) is 0 Å². The van der Waals surface area contributed by atoms with Gasteiger partial charge >= 0.3 is 8.88 Å². The monoisotopic (exact) mass is 1190 g/mol. The minimum absolute atomic E-state index is 0.356. The van der Waals surface area contributed by atoms with Gasteiger partial charge in [0, 0.05) is 57.8 Å². The maximum absolute atomic E-state index is 7.99. The van der Waals surface area contributed by atoms with E-state index in [1.54, 1.807) is 0 Å². The Morgan fingerprint density at radius 2 is 0.932 bits per heavy atom. The number of nitrogens with zero attached hydrogens (tertiary/aromatic N) is 8. The van der Waals surface area contributed by atoms with Crippen molar-refractivity contribution in [3.05, 3.63) is 155 Å². The largest absolute Gasteiger partial charge is 0.597 e.